The second-order valence-electron chi connectivity index (χ2n) is 7.91. The normalized spacial score (nSPS) is 40.6. The van der Waals surface area contributed by atoms with Crippen molar-refractivity contribution >= 4 is 18.2 Å². The second kappa shape index (κ2) is 8.24. The fourth-order valence-electron chi connectivity index (χ4n) is 3.86. The Morgan fingerprint density at radius 2 is 2.14 bits per heavy atom. The van der Waals surface area contributed by atoms with E-state index >= 15 is 0 Å². The van der Waals surface area contributed by atoms with E-state index in [0.29, 0.717) is 25.0 Å². The molecule has 0 aromatic rings. The Hall–Kier alpha value is -2.25. The third-order valence-electron chi connectivity index (χ3n) is 5.88. The zero-order chi connectivity index (χ0) is 21.3. The van der Waals surface area contributed by atoms with Gasteiger partial charge in [-0.1, -0.05) is 18.2 Å². The number of allylic oxidation sites excluding steroid dienone is 2. The molecule has 0 radical (unpaired) electrons. The number of epoxide rings is 1. The van der Waals surface area contributed by atoms with Crippen LogP contribution >= 0.6 is 0 Å². The van der Waals surface area contributed by atoms with E-state index in [1.807, 2.05) is 13.0 Å². The van der Waals surface area contributed by atoms with Crippen LogP contribution in [0.15, 0.2) is 35.5 Å². The van der Waals surface area contributed by atoms with Gasteiger partial charge in [0.05, 0.1) is 12.0 Å². The maximum atomic E-state index is 12.9. The summed E-state index contributed by atoms with van der Waals surface area (Å²) in [5.41, 5.74) is 0.529. The SMILES string of the molecule is C=C1C(=O)O[C@@H]2/C=C(\C)CC/C=C(/C=O)[C@@H](OCC)[C@H](OC(=O)[C@@]3(C)O[C@H]3C)[C@H]12. The molecular weight excluding hydrogens is 376 g/mol. The highest BCUT2D eigenvalue weighted by atomic mass is 16.7. The van der Waals surface area contributed by atoms with Crippen LogP contribution in [0.25, 0.3) is 0 Å². The number of aldehydes is 1. The topological polar surface area (TPSA) is 91.4 Å². The predicted molar refractivity (Wildman–Crippen MR) is 104 cm³/mol. The molecular formula is C22H28O7. The van der Waals surface area contributed by atoms with Crippen molar-refractivity contribution in [3.05, 3.63) is 35.5 Å². The van der Waals surface area contributed by atoms with Gasteiger partial charge in [-0.3, -0.25) is 4.79 Å². The molecule has 0 spiro atoms. The summed E-state index contributed by atoms with van der Waals surface area (Å²) in [7, 11) is 0. The van der Waals surface area contributed by atoms with E-state index in [1.54, 1.807) is 26.8 Å². The quantitative estimate of drug-likeness (QED) is 0.228. The van der Waals surface area contributed by atoms with Crippen molar-refractivity contribution in [2.24, 2.45) is 5.92 Å². The summed E-state index contributed by atoms with van der Waals surface area (Å²) in [5, 5.41) is 0. The van der Waals surface area contributed by atoms with E-state index in [9.17, 15) is 14.4 Å². The summed E-state index contributed by atoms with van der Waals surface area (Å²) in [5.74, 6) is -1.77. The third-order valence-corrected chi connectivity index (χ3v) is 5.88. The molecule has 2 saturated heterocycles. The van der Waals surface area contributed by atoms with Gasteiger partial charge in [0.1, 0.15) is 24.6 Å². The number of hydrogen-bond donors (Lipinski definition) is 0. The average molecular weight is 404 g/mol. The zero-order valence-electron chi connectivity index (χ0n) is 17.3. The molecule has 0 amide bonds. The van der Waals surface area contributed by atoms with Gasteiger partial charge in [0.2, 0.25) is 0 Å². The smallest absolute Gasteiger partial charge is 0.341 e. The summed E-state index contributed by atoms with van der Waals surface area (Å²) >= 11 is 0. The molecule has 7 heteroatoms. The van der Waals surface area contributed by atoms with Gasteiger partial charge < -0.3 is 18.9 Å². The first-order valence-corrected chi connectivity index (χ1v) is 9.95. The van der Waals surface area contributed by atoms with Gasteiger partial charge in [-0.05, 0) is 46.6 Å². The molecule has 0 aromatic heterocycles. The molecule has 0 bridgehead atoms. The number of esters is 2. The van der Waals surface area contributed by atoms with E-state index in [2.05, 4.69) is 6.58 Å². The summed E-state index contributed by atoms with van der Waals surface area (Å²) in [6, 6.07) is 0. The van der Waals surface area contributed by atoms with Crippen molar-refractivity contribution in [1.29, 1.82) is 0 Å². The molecule has 29 heavy (non-hydrogen) atoms. The van der Waals surface area contributed by atoms with E-state index in [1.165, 1.54) is 0 Å². The van der Waals surface area contributed by atoms with Crippen molar-refractivity contribution in [2.45, 2.75) is 70.6 Å². The minimum atomic E-state index is -1.05. The molecule has 158 valence electrons. The van der Waals surface area contributed by atoms with Gasteiger partial charge in [0.25, 0.3) is 0 Å². The largest absolute Gasteiger partial charge is 0.456 e. The lowest BCUT2D eigenvalue weighted by atomic mass is 9.83. The van der Waals surface area contributed by atoms with Crippen LogP contribution in [-0.2, 0) is 33.3 Å². The van der Waals surface area contributed by atoms with Crippen molar-refractivity contribution in [3.63, 3.8) is 0 Å². The van der Waals surface area contributed by atoms with Crippen LogP contribution in [0, 0.1) is 5.92 Å². The van der Waals surface area contributed by atoms with Crippen molar-refractivity contribution in [2.75, 3.05) is 6.61 Å². The first-order valence-electron chi connectivity index (χ1n) is 9.95. The number of carbonyl (C=O) groups is 3. The van der Waals surface area contributed by atoms with Gasteiger partial charge in [0.15, 0.2) is 5.60 Å². The highest BCUT2D eigenvalue weighted by Gasteiger charge is 2.59. The number of fused-ring (bicyclic) bond motifs is 1. The van der Waals surface area contributed by atoms with Crippen molar-refractivity contribution in [1.82, 2.24) is 0 Å². The lowest BCUT2D eigenvalue weighted by Gasteiger charge is -2.33. The minimum Gasteiger partial charge on any atom is -0.456 e. The van der Waals surface area contributed by atoms with E-state index in [4.69, 9.17) is 18.9 Å². The molecule has 2 fully saturated rings. The molecule has 0 aromatic carbocycles. The lowest BCUT2D eigenvalue weighted by molar-refractivity contribution is -0.166. The number of ether oxygens (including phenoxy) is 4. The zero-order valence-corrected chi connectivity index (χ0v) is 17.3. The third kappa shape index (κ3) is 4.07. The molecule has 7 nitrogen and oxygen atoms in total. The molecule has 1 aliphatic carbocycles. The van der Waals surface area contributed by atoms with E-state index in [-0.39, 0.29) is 11.7 Å². The van der Waals surface area contributed by atoms with Crippen LogP contribution in [0.3, 0.4) is 0 Å². The van der Waals surface area contributed by atoms with Crippen molar-refractivity contribution < 1.29 is 33.3 Å². The summed E-state index contributed by atoms with van der Waals surface area (Å²) in [6.45, 7) is 11.3. The molecule has 2 aliphatic heterocycles. The average Bonchev–Trinajstić information content (AvgIpc) is 3.20. The van der Waals surface area contributed by atoms with Gasteiger partial charge in [-0.15, -0.1) is 0 Å². The predicted octanol–water partition coefficient (Wildman–Crippen LogP) is 2.44. The molecule has 2 heterocycles. The van der Waals surface area contributed by atoms with Gasteiger partial charge in [-0.2, -0.15) is 0 Å². The second-order valence-corrected chi connectivity index (χ2v) is 7.91. The fraction of sp³-hybridized carbons (Fsp3) is 0.591. The number of rotatable bonds is 5. The van der Waals surface area contributed by atoms with Crippen molar-refractivity contribution in [3.8, 4) is 0 Å². The Labute approximate surface area is 170 Å². The van der Waals surface area contributed by atoms with Crippen LogP contribution in [0.1, 0.15) is 40.5 Å². The molecule has 0 saturated carbocycles. The van der Waals surface area contributed by atoms with Gasteiger partial charge >= 0.3 is 11.9 Å². The summed E-state index contributed by atoms with van der Waals surface area (Å²) < 4.78 is 22.6. The number of hydrogen-bond acceptors (Lipinski definition) is 7. The minimum absolute atomic E-state index is 0.197. The van der Waals surface area contributed by atoms with Crippen LogP contribution in [0.5, 0.6) is 0 Å². The van der Waals surface area contributed by atoms with Crippen LogP contribution in [-0.4, -0.2) is 54.8 Å². The monoisotopic (exact) mass is 404 g/mol. The van der Waals surface area contributed by atoms with Gasteiger partial charge in [0, 0.05) is 17.8 Å². The maximum Gasteiger partial charge on any atom is 0.341 e. The Balaban J connectivity index is 2.06. The standard InChI is InChI=1S/C22H28O7/c1-6-26-18-15(11-23)9-7-8-12(2)10-16-17(13(3)20(24)27-16)19(18)28-21(25)22(5)14(4)29-22/h9-11,14,16-19H,3,6-8H2,1-2,4-5H3/b12-10+,15-9-/t14-,16+,17+,18+,19+,22-/m0/s1. The highest BCUT2D eigenvalue weighted by Crippen LogP contribution is 2.41. The molecule has 0 N–H and O–H groups in total. The fourth-order valence-corrected chi connectivity index (χ4v) is 3.86. The number of carbonyl (C=O) groups excluding carboxylic acids is 3. The Bertz CT molecular complexity index is 780. The molecule has 6 atom stereocenters. The molecule has 0 unspecified atom stereocenters. The first-order chi connectivity index (χ1) is 13.7. The molecule has 3 aliphatic rings. The van der Waals surface area contributed by atoms with E-state index in [0.717, 1.165) is 11.9 Å². The first kappa shape index (κ1) is 21.5. The Kier molecular flexibility index (Phi) is 6.10. The Morgan fingerprint density at radius 3 is 2.72 bits per heavy atom. The lowest BCUT2D eigenvalue weighted by Crippen LogP contribution is -2.46. The summed E-state index contributed by atoms with van der Waals surface area (Å²) in [6.07, 6.45) is 2.97. The molecule has 3 rings (SSSR count). The van der Waals surface area contributed by atoms with Crippen LogP contribution < -0.4 is 0 Å². The van der Waals surface area contributed by atoms with E-state index < -0.39 is 41.8 Å². The maximum absolute atomic E-state index is 12.9. The van der Waals surface area contributed by atoms with Crippen LogP contribution in [0.4, 0.5) is 0 Å². The van der Waals surface area contributed by atoms with Crippen LogP contribution in [0.2, 0.25) is 0 Å². The Morgan fingerprint density at radius 1 is 1.45 bits per heavy atom. The van der Waals surface area contributed by atoms with Gasteiger partial charge in [-0.25, -0.2) is 9.59 Å². The highest BCUT2D eigenvalue weighted by molar-refractivity contribution is 5.91. The summed E-state index contributed by atoms with van der Waals surface area (Å²) in [4.78, 5) is 37.0.